The Kier molecular flexibility index (Phi) is 7.21. The van der Waals surface area contributed by atoms with Crippen molar-refractivity contribution in [2.45, 2.75) is 26.3 Å². The third kappa shape index (κ3) is 7.27. The summed E-state index contributed by atoms with van der Waals surface area (Å²) < 4.78 is 49.9. The standard InChI is InChI=1S/C14H21F2N3O3S/c1-3-8-19(10-13(15)16)14(20)17-9-11-6-4-5-7-12(11)18-23(2,21)22/h4-7,13,18H,3,8-10H2,1-2H3,(H,17,20). The molecule has 0 aliphatic rings. The van der Waals surface area contributed by atoms with Crippen LogP contribution >= 0.6 is 0 Å². The van der Waals surface area contributed by atoms with Gasteiger partial charge in [-0.2, -0.15) is 0 Å². The number of alkyl halides is 2. The molecule has 1 aromatic carbocycles. The molecule has 0 fully saturated rings. The second-order valence-electron chi connectivity index (χ2n) is 5.03. The fourth-order valence-electron chi connectivity index (χ4n) is 1.97. The minimum absolute atomic E-state index is 0.0287. The second-order valence-corrected chi connectivity index (χ2v) is 6.78. The van der Waals surface area contributed by atoms with Crippen molar-refractivity contribution in [3.63, 3.8) is 0 Å². The van der Waals surface area contributed by atoms with Gasteiger partial charge < -0.3 is 10.2 Å². The van der Waals surface area contributed by atoms with Gasteiger partial charge in [-0.1, -0.05) is 25.1 Å². The molecule has 0 aromatic heterocycles. The van der Waals surface area contributed by atoms with Crippen LogP contribution in [0, 0.1) is 0 Å². The van der Waals surface area contributed by atoms with Crippen LogP contribution in [0.3, 0.4) is 0 Å². The van der Waals surface area contributed by atoms with E-state index in [9.17, 15) is 22.0 Å². The Balaban J connectivity index is 2.75. The third-order valence-corrected chi connectivity index (χ3v) is 3.47. The normalized spacial score (nSPS) is 11.3. The number of sulfonamides is 1. The molecule has 2 N–H and O–H groups in total. The lowest BCUT2D eigenvalue weighted by Gasteiger charge is -2.22. The van der Waals surface area contributed by atoms with Gasteiger partial charge in [0.2, 0.25) is 10.0 Å². The van der Waals surface area contributed by atoms with E-state index in [0.29, 0.717) is 17.7 Å². The number of para-hydroxylation sites is 1. The van der Waals surface area contributed by atoms with Crippen LogP contribution < -0.4 is 10.0 Å². The smallest absolute Gasteiger partial charge is 0.317 e. The van der Waals surface area contributed by atoms with E-state index in [1.807, 2.05) is 0 Å². The van der Waals surface area contributed by atoms with Gasteiger partial charge in [0.15, 0.2) is 0 Å². The van der Waals surface area contributed by atoms with Gasteiger partial charge in [0, 0.05) is 13.1 Å². The van der Waals surface area contributed by atoms with Crippen LogP contribution in [0.4, 0.5) is 19.3 Å². The highest BCUT2D eigenvalue weighted by Gasteiger charge is 2.17. The molecule has 0 saturated heterocycles. The van der Waals surface area contributed by atoms with Crippen LogP contribution in [0.5, 0.6) is 0 Å². The molecule has 0 aliphatic heterocycles. The highest BCUT2D eigenvalue weighted by Crippen LogP contribution is 2.16. The molecular formula is C14H21F2N3O3S. The van der Waals surface area contributed by atoms with E-state index in [0.717, 1.165) is 11.2 Å². The minimum Gasteiger partial charge on any atom is -0.334 e. The highest BCUT2D eigenvalue weighted by atomic mass is 32.2. The van der Waals surface area contributed by atoms with Crippen molar-refractivity contribution >= 4 is 21.7 Å². The van der Waals surface area contributed by atoms with Crippen molar-refractivity contribution in [2.75, 3.05) is 24.1 Å². The van der Waals surface area contributed by atoms with Crippen molar-refractivity contribution in [3.05, 3.63) is 29.8 Å². The summed E-state index contributed by atoms with van der Waals surface area (Å²) in [7, 11) is -3.45. The first-order valence-corrected chi connectivity index (χ1v) is 8.98. The van der Waals surface area contributed by atoms with Crippen LogP contribution in [0.25, 0.3) is 0 Å². The lowest BCUT2D eigenvalue weighted by atomic mass is 10.2. The molecule has 2 amide bonds. The summed E-state index contributed by atoms with van der Waals surface area (Å²) in [6.07, 6.45) is -1.02. The number of benzene rings is 1. The molecule has 0 atom stereocenters. The predicted molar refractivity (Wildman–Crippen MR) is 85.0 cm³/mol. The first kappa shape index (κ1) is 19.1. The third-order valence-electron chi connectivity index (χ3n) is 2.88. The van der Waals surface area contributed by atoms with Gasteiger partial charge in [-0.05, 0) is 18.1 Å². The summed E-state index contributed by atoms with van der Waals surface area (Å²) in [5.74, 6) is 0. The lowest BCUT2D eigenvalue weighted by molar-refractivity contribution is 0.0982. The maximum atomic E-state index is 12.5. The van der Waals surface area contributed by atoms with Crippen LogP contribution in [-0.4, -0.2) is 45.1 Å². The zero-order valence-electron chi connectivity index (χ0n) is 13.1. The molecule has 1 aromatic rings. The number of hydrogen-bond donors (Lipinski definition) is 2. The van der Waals surface area contributed by atoms with Crippen molar-refractivity contribution in [2.24, 2.45) is 0 Å². The van der Waals surface area contributed by atoms with Gasteiger partial charge in [-0.15, -0.1) is 0 Å². The Bertz CT molecular complexity index is 623. The second kappa shape index (κ2) is 8.66. The molecule has 0 saturated carbocycles. The largest absolute Gasteiger partial charge is 0.334 e. The van der Waals surface area contributed by atoms with Crippen LogP contribution in [0.1, 0.15) is 18.9 Å². The van der Waals surface area contributed by atoms with E-state index in [4.69, 9.17) is 0 Å². The number of carbonyl (C=O) groups excluding carboxylic acids is 1. The van der Waals surface area contributed by atoms with E-state index >= 15 is 0 Å². The quantitative estimate of drug-likeness (QED) is 0.755. The molecule has 6 nitrogen and oxygen atoms in total. The molecule has 130 valence electrons. The molecule has 1 rings (SSSR count). The Morgan fingerprint density at radius 1 is 1.30 bits per heavy atom. The van der Waals surface area contributed by atoms with E-state index in [-0.39, 0.29) is 13.1 Å². The van der Waals surface area contributed by atoms with E-state index < -0.39 is 29.0 Å². The zero-order chi connectivity index (χ0) is 17.5. The fraction of sp³-hybridized carbons (Fsp3) is 0.500. The summed E-state index contributed by atoms with van der Waals surface area (Å²) in [5, 5.41) is 2.53. The molecule has 0 radical (unpaired) electrons. The number of anilines is 1. The van der Waals surface area contributed by atoms with Gasteiger partial charge in [0.1, 0.15) is 0 Å². The van der Waals surface area contributed by atoms with Crippen LogP contribution in [0.15, 0.2) is 24.3 Å². The van der Waals surface area contributed by atoms with Crippen molar-refractivity contribution in [3.8, 4) is 0 Å². The number of amides is 2. The SMILES string of the molecule is CCCN(CC(F)F)C(=O)NCc1ccccc1NS(C)(=O)=O. The van der Waals surface area contributed by atoms with E-state index in [2.05, 4.69) is 10.0 Å². The van der Waals surface area contributed by atoms with E-state index in [1.165, 1.54) is 0 Å². The van der Waals surface area contributed by atoms with Crippen LogP contribution in [0.2, 0.25) is 0 Å². The highest BCUT2D eigenvalue weighted by molar-refractivity contribution is 7.92. The number of carbonyl (C=O) groups is 1. The minimum atomic E-state index is -3.45. The van der Waals surface area contributed by atoms with Crippen LogP contribution in [-0.2, 0) is 16.6 Å². The van der Waals surface area contributed by atoms with Gasteiger partial charge in [0.05, 0.1) is 18.5 Å². The number of halogens is 2. The summed E-state index contributed by atoms with van der Waals surface area (Å²) in [6, 6.07) is 5.94. The summed E-state index contributed by atoms with van der Waals surface area (Å²) in [4.78, 5) is 13.0. The van der Waals surface area contributed by atoms with Gasteiger partial charge in [-0.3, -0.25) is 4.72 Å². The van der Waals surface area contributed by atoms with Gasteiger partial charge >= 0.3 is 6.03 Å². The number of urea groups is 1. The first-order chi connectivity index (χ1) is 10.7. The summed E-state index contributed by atoms with van der Waals surface area (Å²) >= 11 is 0. The lowest BCUT2D eigenvalue weighted by Crippen LogP contribution is -2.42. The Labute approximate surface area is 134 Å². The average Bonchev–Trinajstić information content (AvgIpc) is 2.43. The molecule has 9 heteroatoms. The molecular weight excluding hydrogens is 328 g/mol. The molecule has 0 heterocycles. The fourth-order valence-corrected chi connectivity index (χ4v) is 2.57. The average molecular weight is 349 g/mol. The molecule has 0 bridgehead atoms. The van der Waals surface area contributed by atoms with Crippen molar-refractivity contribution in [1.29, 1.82) is 0 Å². The van der Waals surface area contributed by atoms with Crippen molar-refractivity contribution < 1.29 is 22.0 Å². The monoisotopic (exact) mass is 349 g/mol. The van der Waals surface area contributed by atoms with Crippen molar-refractivity contribution in [1.82, 2.24) is 10.2 Å². The topological polar surface area (TPSA) is 78.5 Å². The number of nitrogens with one attached hydrogen (secondary N) is 2. The zero-order valence-corrected chi connectivity index (χ0v) is 13.9. The predicted octanol–water partition coefficient (Wildman–Crippen LogP) is 2.24. The number of nitrogens with zero attached hydrogens (tertiary/aromatic N) is 1. The molecule has 23 heavy (non-hydrogen) atoms. The number of hydrogen-bond acceptors (Lipinski definition) is 3. The molecule has 0 aliphatic carbocycles. The van der Waals surface area contributed by atoms with Gasteiger partial charge in [0.25, 0.3) is 6.43 Å². The summed E-state index contributed by atoms with van der Waals surface area (Å²) in [5.41, 5.74) is 0.881. The maximum Gasteiger partial charge on any atom is 0.317 e. The maximum absolute atomic E-state index is 12.5. The molecule has 0 spiro atoms. The first-order valence-electron chi connectivity index (χ1n) is 7.09. The van der Waals surface area contributed by atoms with Gasteiger partial charge in [-0.25, -0.2) is 22.0 Å². The summed E-state index contributed by atoms with van der Waals surface area (Å²) in [6.45, 7) is 1.40. The number of rotatable bonds is 8. The molecule has 0 unspecified atom stereocenters. The Morgan fingerprint density at radius 3 is 2.52 bits per heavy atom. The van der Waals surface area contributed by atoms with E-state index in [1.54, 1.807) is 31.2 Å². The Hall–Kier alpha value is -1.90. The Morgan fingerprint density at radius 2 is 1.96 bits per heavy atom.